The van der Waals surface area contributed by atoms with Crippen molar-refractivity contribution in [3.05, 3.63) is 23.9 Å². The fraction of sp³-hybridized carbons (Fsp3) is 0.647. The Kier molecular flexibility index (Phi) is 7.13. The number of rotatable bonds is 6. The van der Waals surface area contributed by atoms with Crippen LogP contribution in [0.2, 0.25) is 0 Å². The zero-order valence-electron chi connectivity index (χ0n) is 13.9. The molecule has 1 saturated heterocycles. The van der Waals surface area contributed by atoms with E-state index in [1.807, 2.05) is 25.3 Å². The monoisotopic (exact) mass is 320 g/mol. The summed E-state index contributed by atoms with van der Waals surface area (Å²) in [7, 11) is 0. The minimum atomic E-state index is -0.262. The summed E-state index contributed by atoms with van der Waals surface area (Å²) in [6, 6.07) is 3.58. The Morgan fingerprint density at radius 3 is 2.61 bits per heavy atom. The SMILES string of the molecule is CC[C@H](CO)NC(=O)NCc1ccc(N2CCCCCC2)nc1. The van der Waals surface area contributed by atoms with Crippen LogP contribution in [0.3, 0.4) is 0 Å². The molecule has 2 heterocycles. The highest BCUT2D eigenvalue weighted by Gasteiger charge is 2.11. The molecule has 1 fully saturated rings. The third-order valence-electron chi connectivity index (χ3n) is 4.24. The molecule has 0 bridgehead atoms. The second kappa shape index (κ2) is 9.35. The van der Waals surface area contributed by atoms with Crippen LogP contribution in [0.4, 0.5) is 10.6 Å². The fourth-order valence-electron chi connectivity index (χ4n) is 2.70. The lowest BCUT2D eigenvalue weighted by Gasteiger charge is -2.21. The van der Waals surface area contributed by atoms with Gasteiger partial charge in [0.1, 0.15) is 5.82 Å². The number of aliphatic hydroxyl groups excluding tert-OH is 1. The fourth-order valence-corrected chi connectivity index (χ4v) is 2.70. The summed E-state index contributed by atoms with van der Waals surface area (Å²) in [5, 5.41) is 14.6. The lowest BCUT2D eigenvalue weighted by atomic mass is 10.2. The molecule has 2 amide bonds. The zero-order chi connectivity index (χ0) is 16.5. The lowest BCUT2D eigenvalue weighted by Crippen LogP contribution is -2.43. The molecule has 128 valence electrons. The van der Waals surface area contributed by atoms with Gasteiger partial charge in [0.25, 0.3) is 0 Å². The Balaban J connectivity index is 1.81. The number of aliphatic hydroxyl groups is 1. The summed E-state index contributed by atoms with van der Waals surface area (Å²) in [6.07, 6.45) is 7.60. The van der Waals surface area contributed by atoms with Crippen molar-refractivity contribution in [2.75, 3.05) is 24.6 Å². The van der Waals surface area contributed by atoms with Crippen LogP contribution in [-0.2, 0) is 6.54 Å². The number of nitrogens with zero attached hydrogens (tertiary/aromatic N) is 2. The van der Waals surface area contributed by atoms with Gasteiger partial charge in [0.15, 0.2) is 0 Å². The summed E-state index contributed by atoms with van der Waals surface area (Å²) in [6.45, 7) is 4.46. The van der Waals surface area contributed by atoms with E-state index < -0.39 is 0 Å². The first-order valence-corrected chi connectivity index (χ1v) is 8.58. The molecule has 6 nitrogen and oxygen atoms in total. The molecule has 1 aliphatic heterocycles. The minimum absolute atomic E-state index is 0.0456. The average Bonchev–Trinajstić information content (AvgIpc) is 2.87. The van der Waals surface area contributed by atoms with Crippen LogP contribution < -0.4 is 15.5 Å². The number of hydrogen-bond donors (Lipinski definition) is 3. The second-order valence-corrected chi connectivity index (χ2v) is 6.04. The van der Waals surface area contributed by atoms with Crippen LogP contribution in [0.15, 0.2) is 18.3 Å². The minimum Gasteiger partial charge on any atom is -0.394 e. The van der Waals surface area contributed by atoms with Gasteiger partial charge in [-0.05, 0) is 30.9 Å². The number of hydrogen-bond acceptors (Lipinski definition) is 4. The highest BCUT2D eigenvalue weighted by Crippen LogP contribution is 2.17. The number of nitrogens with one attached hydrogen (secondary N) is 2. The Morgan fingerprint density at radius 1 is 1.30 bits per heavy atom. The molecule has 6 heteroatoms. The summed E-state index contributed by atoms with van der Waals surface area (Å²) >= 11 is 0. The lowest BCUT2D eigenvalue weighted by molar-refractivity contribution is 0.214. The van der Waals surface area contributed by atoms with E-state index in [1.165, 1.54) is 25.7 Å². The van der Waals surface area contributed by atoms with E-state index in [2.05, 4.69) is 20.5 Å². The molecule has 0 aliphatic carbocycles. The number of aromatic nitrogens is 1. The number of anilines is 1. The van der Waals surface area contributed by atoms with E-state index in [4.69, 9.17) is 5.11 Å². The molecule has 1 aromatic rings. The van der Waals surface area contributed by atoms with Crippen molar-refractivity contribution < 1.29 is 9.90 Å². The van der Waals surface area contributed by atoms with Gasteiger partial charge in [0.05, 0.1) is 12.6 Å². The van der Waals surface area contributed by atoms with Gasteiger partial charge in [-0.2, -0.15) is 0 Å². The van der Waals surface area contributed by atoms with Gasteiger partial charge in [-0.1, -0.05) is 25.8 Å². The Labute approximate surface area is 138 Å². The predicted octanol–water partition coefficient (Wildman–Crippen LogP) is 2.03. The van der Waals surface area contributed by atoms with E-state index in [0.717, 1.165) is 24.5 Å². The van der Waals surface area contributed by atoms with Crippen molar-refractivity contribution in [2.45, 2.75) is 51.6 Å². The van der Waals surface area contributed by atoms with Gasteiger partial charge in [-0.15, -0.1) is 0 Å². The number of pyridine rings is 1. The Hall–Kier alpha value is -1.82. The quantitative estimate of drug-likeness (QED) is 0.749. The van der Waals surface area contributed by atoms with Crippen molar-refractivity contribution in [3.8, 4) is 0 Å². The zero-order valence-corrected chi connectivity index (χ0v) is 13.9. The molecule has 23 heavy (non-hydrogen) atoms. The summed E-state index contributed by atoms with van der Waals surface area (Å²) < 4.78 is 0. The first-order valence-electron chi connectivity index (χ1n) is 8.58. The summed E-state index contributed by atoms with van der Waals surface area (Å²) in [4.78, 5) is 18.6. The molecular formula is C17H28N4O2. The smallest absolute Gasteiger partial charge is 0.315 e. The van der Waals surface area contributed by atoms with Crippen LogP contribution in [0, 0.1) is 0 Å². The van der Waals surface area contributed by atoms with E-state index >= 15 is 0 Å². The van der Waals surface area contributed by atoms with Gasteiger partial charge < -0.3 is 20.6 Å². The molecule has 2 rings (SSSR count). The summed E-state index contributed by atoms with van der Waals surface area (Å²) in [5.41, 5.74) is 0.968. The topological polar surface area (TPSA) is 77.5 Å². The standard InChI is InChI=1S/C17H28N4O2/c1-2-15(13-22)20-17(23)19-12-14-7-8-16(18-11-14)21-9-5-3-4-6-10-21/h7-8,11,15,22H,2-6,9-10,12-13H2,1H3,(H2,19,20,23)/t15-/m1/s1. The third-order valence-corrected chi connectivity index (χ3v) is 4.24. The van der Waals surface area contributed by atoms with E-state index in [-0.39, 0.29) is 18.7 Å². The maximum atomic E-state index is 11.7. The van der Waals surface area contributed by atoms with Crippen LogP contribution in [-0.4, -0.2) is 41.9 Å². The van der Waals surface area contributed by atoms with Crippen LogP contribution >= 0.6 is 0 Å². The molecule has 0 aromatic carbocycles. The van der Waals surface area contributed by atoms with Crippen LogP contribution in [0.1, 0.15) is 44.6 Å². The van der Waals surface area contributed by atoms with Gasteiger partial charge >= 0.3 is 6.03 Å². The molecule has 3 N–H and O–H groups in total. The van der Waals surface area contributed by atoms with Crippen molar-refractivity contribution in [1.82, 2.24) is 15.6 Å². The molecular weight excluding hydrogens is 292 g/mol. The van der Waals surface area contributed by atoms with Gasteiger partial charge in [-0.3, -0.25) is 0 Å². The molecule has 0 spiro atoms. The highest BCUT2D eigenvalue weighted by atomic mass is 16.3. The van der Waals surface area contributed by atoms with Gasteiger partial charge in [0.2, 0.25) is 0 Å². The molecule has 0 radical (unpaired) electrons. The van der Waals surface area contributed by atoms with Gasteiger partial charge in [-0.25, -0.2) is 9.78 Å². The number of carbonyl (C=O) groups excluding carboxylic acids is 1. The maximum absolute atomic E-state index is 11.7. The van der Waals surface area contributed by atoms with Crippen LogP contribution in [0.25, 0.3) is 0 Å². The van der Waals surface area contributed by atoms with E-state index in [9.17, 15) is 4.79 Å². The van der Waals surface area contributed by atoms with Gasteiger partial charge in [0, 0.05) is 25.8 Å². The number of amides is 2. The van der Waals surface area contributed by atoms with Crippen molar-refractivity contribution in [3.63, 3.8) is 0 Å². The van der Waals surface area contributed by atoms with Crippen molar-refractivity contribution in [1.29, 1.82) is 0 Å². The first-order chi connectivity index (χ1) is 11.2. The Morgan fingerprint density at radius 2 is 2.04 bits per heavy atom. The average molecular weight is 320 g/mol. The predicted molar refractivity (Wildman–Crippen MR) is 91.5 cm³/mol. The van der Waals surface area contributed by atoms with Crippen molar-refractivity contribution >= 4 is 11.8 Å². The molecule has 1 aliphatic rings. The largest absolute Gasteiger partial charge is 0.394 e. The highest BCUT2D eigenvalue weighted by molar-refractivity contribution is 5.74. The summed E-state index contributed by atoms with van der Waals surface area (Å²) in [5.74, 6) is 1.02. The second-order valence-electron chi connectivity index (χ2n) is 6.04. The molecule has 1 aromatic heterocycles. The van der Waals surface area contributed by atoms with E-state index in [0.29, 0.717) is 13.0 Å². The third kappa shape index (κ3) is 5.71. The molecule has 1 atom stereocenters. The number of carbonyl (C=O) groups is 1. The molecule has 0 unspecified atom stereocenters. The normalized spacial score (nSPS) is 16.5. The van der Waals surface area contributed by atoms with Crippen molar-refractivity contribution in [2.24, 2.45) is 0 Å². The number of urea groups is 1. The molecule has 0 saturated carbocycles. The maximum Gasteiger partial charge on any atom is 0.315 e. The van der Waals surface area contributed by atoms with E-state index in [1.54, 1.807) is 0 Å². The first kappa shape index (κ1) is 17.5. The Bertz CT molecular complexity index is 466. The van der Waals surface area contributed by atoms with Crippen LogP contribution in [0.5, 0.6) is 0 Å².